The topological polar surface area (TPSA) is 73.9 Å². The molecule has 0 aromatic heterocycles. The number of anilines is 1. The third-order valence-electron chi connectivity index (χ3n) is 5.78. The minimum atomic E-state index is -0.675. The van der Waals surface area contributed by atoms with E-state index in [2.05, 4.69) is 15.5 Å². The summed E-state index contributed by atoms with van der Waals surface area (Å²) in [6.45, 7) is 4.89. The second kappa shape index (κ2) is 10.2. The Balaban J connectivity index is 1.57. The van der Waals surface area contributed by atoms with Crippen molar-refractivity contribution in [2.24, 2.45) is 0 Å². The zero-order valence-corrected chi connectivity index (χ0v) is 19.1. The first-order valence-corrected chi connectivity index (χ1v) is 11.3. The van der Waals surface area contributed by atoms with Gasteiger partial charge < -0.3 is 20.3 Å². The third-order valence-corrected chi connectivity index (χ3v) is 6.01. The van der Waals surface area contributed by atoms with Crippen LogP contribution in [0.2, 0.25) is 5.02 Å². The van der Waals surface area contributed by atoms with Crippen molar-refractivity contribution in [1.29, 1.82) is 0 Å². The van der Waals surface area contributed by atoms with Crippen molar-refractivity contribution < 1.29 is 18.7 Å². The Morgan fingerprint density at radius 1 is 1.15 bits per heavy atom. The van der Waals surface area contributed by atoms with Crippen LogP contribution in [0.15, 0.2) is 59.8 Å². The molecule has 4 rings (SSSR count). The van der Waals surface area contributed by atoms with Crippen LogP contribution in [-0.4, -0.2) is 56.2 Å². The Kier molecular flexibility index (Phi) is 7.15. The Morgan fingerprint density at radius 2 is 1.91 bits per heavy atom. The van der Waals surface area contributed by atoms with Gasteiger partial charge in [-0.1, -0.05) is 35.9 Å². The molecule has 2 aromatic rings. The van der Waals surface area contributed by atoms with Gasteiger partial charge in [-0.25, -0.2) is 14.0 Å². The predicted octanol–water partition coefficient (Wildman–Crippen LogP) is 3.47. The van der Waals surface area contributed by atoms with Gasteiger partial charge in [-0.15, -0.1) is 0 Å². The number of hydrogen-bond donors (Lipinski definition) is 2. The zero-order valence-electron chi connectivity index (χ0n) is 18.3. The molecule has 2 N–H and O–H groups in total. The lowest BCUT2D eigenvalue weighted by Gasteiger charge is -2.38. The summed E-state index contributed by atoms with van der Waals surface area (Å²) < 4.78 is 19.5. The van der Waals surface area contributed by atoms with Crippen LogP contribution >= 0.6 is 11.6 Å². The molecule has 0 spiro atoms. The van der Waals surface area contributed by atoms with Crippen LogP contribution in [0.25, 0.3) is 0 Å². The van der Waals surface area contributed by atoms with E-state index in [0.29, 0.717) is 60.3 Å². The van der Waals surface area contributed by atoms with Crippen LogP contribution in [0.3, 0.4) is 0 Å². The molecule has 2 aliphatic heterocycles. The largest absolute Gasteiger partial charge is 0.463 e. The van der Waals surface area contributed by atoms with Crippen LogP contribution in [0.1, 0.15) is 18.5 Å². The van der Waals surface area contributed by atoms with Gasteiger partial charge in [0.2, 0.25) is 0 Å². The van der Waals surface area contributed by atoms with Crippen molar-refractivity contribution in [2.45, 2.75) is 13.0 Å². The fraction of sp³-hybridized carbons (Fsp3) is 0.333. The van der Waals surface area contributed by atoms with E-state index in [9.17, 15) is 14.0 Å². The van der Waals surface area contributed by atoms with Crippen molar-refractivity contribution in [3.05, 3.63) is 76.2 Å². The standard InChI is InChI=1S/C24H26ClFN4O3/c1-2-33-23(31)21-19(27-24(32)28-22(21)16-6-5-7-17(25)14-16)15-29-10-12-30(13-11-29)20-9-4-3-8-18(20)26/h3-9,14,22H,2,10-13,15H2,1H3,(H2,27,28,32)/t22-/m0/s1. The highest BCUT2D eigenvalue weighted by atomic mass is 35.5. The Hall–Kier alpha value is -3.10. The highest BCUT2D eigenvalue weighted by molar-refractivity contribution is 6.30. The first kappa shape index (κ1) is 23.1. The molecule has 2 aliphatic rings. The lowest BCUT2D eigenvalue weighted by Crippen LogP contribution is -2.52. The number of amides is 2. The van der Waals surface area contributed by atoms with E-state index < -0.39 is 18.0 Å². The molecule has 0 unspecified atom stereocenters. The monoisotopic (exact) mass is 472 g/mol. The lowest BCUT2D eigenvalue weighted by atomic mass is 9.95. The maximum Gasteiger partial charge on any atom is 0.338 e. The lowest BCUT2D eigenvalue weighted by molar-refractivity contribution is -0.139. The molecule has 0 aliphatic carbocycles. The molecular formula is C24H26ClFN4O3. The van der Waals surface area contributed by atoms with Gasteiger partial charge in [0.25, 0.3) is 0 Å². The maximum atomic E-state index is 14.2. The van der Waals surface area contributed by atoms with Crippen LogP contribution < -0.4 is 15.5 Å². The number of esters is 1. The molecular weight excluding hydrogens is 447 g/mol. The smallest absolute Gasteiger partial charge is 0.338 e. The number of rotatable bonds is 6. The summed E-state index contributed by atoms with van der Waals surface area (Å²) in [6, 6.07) is 12.7. The molecule has 1 saturated heterocycles. The van der Waals surface area contributed by atoms with Gasteiger partial charge in [0.1, 0.15) is 5.82 Å². The van der Waals surface area contributed by atoms with E-state index >= 15 is 0 Å². The molecule has 174 valence electrons. The summed E-state index contributed by atoms with van der Waals surface area (Å²) in [5, 5.41) is 6.12. The number of benzene rings is 2. The highest BCUT2D eigenvalue weighted by Gasteiger charge is 2.35. The Labute approximate surface area is 197 Å². The van der Waals surface area contributed by atoms with Crippen molar-refractivity contribution in [1.82, 2.24) is 15.5 Å². The fourth-order valence-corrected chi connectivity index (χ4v) is 4.41. The Morgan fingerprint density at radius 3 is 2.61 bits per heavy atom. The fourth-order valence-electron chi connectivity index (χ4n) is 4.21. The van der Waals surface area contributed by atoms with Crippen LogP contribution in [0.5, 0.6) is 0 Å². The van der Waals surface area contributed by atoms with E-state index in [-0.39, 0.29) is 12.4 Å². The molecule has 2 aromatic carbocycles. The summed E-state index contributed by atoms with van der Waals surface area (Å²) >= 11 is 6.16. The quantitative estimate of drug-likeness (QED) is 0.630. The van der Waals surface area contributed by atoms with E-state index in [1.165, 1.54) is 6.07 Å². The summed E-state index contributed by atoms with van der Waals surface area (Å²) in [5.74, 6) is -0.733. The van der Waals surface area contributed by atoms with Gasteiger partial charge in [0.15, 0.2) is 0 Å². The summed E-state index contributed by atoms with van der Waals surface area (Å²) in [4.78, 5) is 29.5. The van der Waals surface area contributed by atoms with Gasteiger partial charge in [0.05, 0.1) is 23.9 Å². The highest BCUT2D eigenvalue weighted by Crippen LogP contribution is 2.30. The third kappa shape index (κ3) is 5.29. The minimum Gasteiger partial charge on any atom is -0.463 e. The number of urea groups is 1. The van der Waals surface area contributed by atoms with Crippen molar-refractivity contribution >= 4 is 29.3 Å². The zero-order chi connectivity index (χ0) is 23.4. The average Bonchev–Trinajstić information content (AvgIpc) is 2.80. The van der Waals surface area contributed by atoms with E-state index in [0.717, 1.165) is 0 Å². The van der Waals surface area contributed by atoms with Crippen molar-refractivity contribution in [3.8, 4) is 0 Å². The number of carbonyl (C=O) groups excluding carboxylic acids is 2. The number of para-hydroxylation sites is 1. The molecule has 0 radical (unpaired) electrons. The van der Waals surface area contributed by atoms with Gasteiger partial charge in [0, 0.05) is 43.4 Å². The van der Waals surface area contributed by atoms with E-state index in [4.69, 9.17) is 16.3 Å². The van der Waals surface area contributed by atoms with E-state index in [1.807, 2.05) is 17.0 Å². The Bertz CT molecular complexity index is 1070. The number of carbonyl (C=O) groups is 2. The first-order valence-electron chi connectivity index (χ1n) is 10.9. The second-order valence-electron chi connectivity index (χ2n) is 7.91. The maximum absolute atomic E-state index is 14.2. The molecule has 2 heterocycles. The summed E-state index contributed by atoms with van der Waals surface area (Å²) in [7, 11) is 0. The molecule has 1 fully saturated rings. The number of nitrogens with zero attached hydrogens (tertiary/aromatic N) is 2. The summed E-state index contributed by atoms with van der Waals surface area (Å²) in [5.41, 5.74) is 2.14. The van der Waals surface area contributed by atoms with Crippen LogP contribution in [0, 0.1) is 5.82 Å². The summed E-state index contributed by atoms with van der Waals surface area (Å²) in [6.07, 6.45) is 0. The minimum absolute atomic E-state index is 0.215. The molecule has 0 bridgehead atoms. The molecule has 33 heavy (non-hydrogen) atoms. The van der Waals surface area contributed by atoms with Gasteiger partial charge in [-0.3, -0.25) is 4.90 Å². The first-order chi connectivity index (χ1) is 16.0. The molecule has 2 amide bonds. The SMILES string of the molecule is CCOC(=O)C1=C(CN2CCN(c3ccccc3F)CC2)NC(=O)N[C@H]1c1cccc(Cl)c1. The molecule has 7 nitrogen and oxygen atoms in total. The van der Waals surface area contributed by atoms with Crippen LogP contribution in [0.4, 0.5) is 14.9 Å². The number of nitrogens with one attached hydrogen (secondary N) is 2. The molecule has 0 saturated carbocycles. The van der Waals surface area contributed by atoms with E-state index in [1.54, 1.807) is 37.3 Å². The molecule has 1 atom stereocenters. The van der Waals surface area contributed by atoms with Gasteiger partial charge >= 0.3 is 12.0 Å². The number of hydrogen-bond acceptors (Lipinski definition) is 5. The average molecular weight is 473 g/mol. The number of piperazine rings is 1. The van der Waals surface area contributed by atoms with Gasteiger partial charge in [-0.2, -0.15) is 0 Å². The number of ether oxygens (including phenoxy) is 1. The number of halogens is 2. The predicted molar refractivity (Wildman–Crippen MR) is 125 cm³/mol. The van der Waals surface area contributed by atoms with Crippen molar-refractivity contribution in [2.75, 3.05) is 44.2 Å². The van der Waals surface area contributed by atoms with Gasteiger partial charge in [-0.05, 0) is 36.8 Å². The molecule has 9 heteroatoms. The van der Waals surface area contributed by atoms with Crippen molar-refractivity contribution in [3.63, 3.8) is 0 Å². The van der Waals surface area contributed by atoms with Crippen LogP contribution in [-0.2, 0) is 9.53 Å². The normalized spacial score (nSPS) is 19.2. The second-order valence-corrected chi connectivity index (χ2v) is 8.35.